The minimum atomic E-state index is -0.00921. The summed E-state index contributed by atoms with van der Waals surface area (Å²) in [4.78, 5) is 11.3. The van der Waals surface area contributed by atoms with Gasteiger partial charge in [0, 0.05) is 10.0 Å². The summed E-state index contributed by atoms with van der Waals surface area (Å²) in [7, 11) is 0. The van der Waals surface area contributed by atoms with E-state index in [0.717, 1.165) is 10.2 Å². The summed E-state index contributed by atoms with van der Waals surface area (Å²) in [5.41, 5.74) is 7.04. The van der Waals surface area contributed by atoms with Gasteiger partial charge in [-0.1, -0.05) is 15.9 Å². The second kappa shape index (κ2) is 2.88. The zero-order valence-corrected chi connectivity index (χ0v) is 7.68. The molecule has 0 saturated carbocycles. The topological polar surface area (TPSA) is 41.1 Å². The number of nitrogens with one attached hydrogen (secondary N) is 2. The first-order valence-corrected chi connectivity index (χ1v) is 4.25. The molecule has 0 saturated heterocycles. The molecule has 61 valence electrons. The maximum absolute atomic E-state index is 11.3. The van der Waals surface area contributed by atoms with Gasteiger partial charge in [-0.25, -0.2) is 5.43 Å². The van der Waals surface area contributed by atoms with E-state index in [1.54, 1.807) is 6.07 Å². The van der Waals surface area contributed by atoms with Crippen LogP contribution < -0.4 is 10.9 Å². The summed E-state index contributed by atoms with van der Waals surface area (Å²) in [5, 5.41) is 0. The maximum Gasteiger partial charge on any atom is 0.185 e. The largest absolute Gasteiger partial charge is 0.320 e. The molecule has 0 spiro atoms. The van der Waals surface area contributed by atoms with Crippen molar-refractivity contribution in [3.63, 3.8) is 0 Å². The van der Waals surface area contributed by atoms with Gasteiger partial charge in [-0.05, 0) is 18.2 Å². The Hall–Kier alpha value is -0.870. The molecule has 12 heavy (non-hydrogen) atoms. The molecule has 2 N–H and O–H groups in total. The van der Waals surface area contributed by atoms with Gasteiger partial charge in [-0.3, -0.25) is 4.79 Å². The van der Waals surface area contributed by atoms with Crippen molar-refractivity contribution >= 4 is 27.4 Å². The van der Waals surface area contributed by atoms with Crippen molar-refractivity contribution < 1.29 is 4.79 Å². The molecule has 3 nitrogen and oxygen atoms in total. The van der Waals surface area contributed by atoms with Crippen LogP contribution in [0.1, 0.15) is 10.4 Å². The monoisotopic (exact) mass is 225 g/mol. The number of hydrazine groups is 1. The van der Waals surface area contributed by atoms with Crippen LogP contribution in [0.25, 0.3) is 0 Å². The summed E-state index contributed by atoms with van der Waals surface area (Å²) < 4.78 is 0.909. The Morgan fingerprint density at radius 3 is 3.00 bits per heavy atom. The normalized spacial score (nSPS) is 15.2. The van der Waals surface area contributed by atoms with Crippen LogP contribution in [0.15, 0.2) is 22.7 Å². The summed E-state index contributed by atoms with van der Waals surface area (Å²) in [5.74, 6) is -0.00921. The lowest BCUT2D eigenvalue weighted by atomic mass is 10.1. The number of benzene rings is 1. The average molecular weight is 226 g/mol. The molecule has 1 aromatic carbocycles. The van der Waals surface area contributed by atoms with Crippen LogP contribution >= 0.6 is 15.9 Å². The number of hydrogen-bond acceptors (Lipinski definition) is 3. The maximum atomic E-state index is 11.3. The highest BCUT2D eigenvalue weighted by atomic mass is 79.9. The van der Waals surface area contributed by atoms with Gasteiger partial charge in [0.2, 0.25) is 0 Å². The van der Waals surface area contributed by atoms with Gasteiger partial charge in [0.05, 0.1) is 5.69 Å². The second-order valence-corrected chi connectivity index (χ2v) is 3.38. The summed E-state index contributed by atoms with van der Waals surface area (Å²) in [6.07, 6.45) is 0. The molecule has 0 bridgehead atoms. The number of Topliss-reactive ketones (excluding diaryl/α,β-unsaturated/α-hetero) is 1. The number of hydrogen-bond donors (Lipinski definition) is 2. The van der Waals surface area contributed by atoms with Crippen molar-refractivity contribution in [1.29, 1.82) is 0 Å². The molecular weight excluding hydrogens is 220 g/mol. The number of carbonyl (C=O) groups is 1. The Labute approximate surface area is 78.3 Å². The molecule has 0 fully saturated rings. The third-order valence-electron chi connectivity index (χ3n) is 1.66. The van der Waals surface area contributed by atoms with E-state index in [4.69, 9.17) is 0 Å². The number of rotatable bonds is 0. The minimum Gasteiger partial charge on any atom is -0.320 e. The number of carbonyl (C=O) groups excluding carboxylic acids is 1. The summed E-state index contributed by atoms with van der Waals surface area (Å²) >= 11 is 3.30. The van der Waals surface area contributed by atoms with Crippen LogP contribution in [0.5, 0.6) is 0 Å². The number of ketones is 1. The van der Waals surface area contributed by atoms with Crippen molar-refractivity contribution in [2.24, 2.45) is 0 Å². The highest BCUT2D eigenvalue weighted by Gasteiger charge is 2.16. The SMILES string of the molecule is O=C1[CH]NNc2ccc(Br)cc21. The van der Waals surface area contributed by atoms with Gasteiger partial charge in [0.15, 0.2) is 5.78 Å². The molecule has 2 rings (SSSR count). The first-order chi connectivity index (χ1) is 5.77. The molecule has 0 aliphatic carbocycles. The van der Waals surface area contributed by atoms with Gasteiger partial charge in [-0.15, -0.1) is 0 Å². The second-order valence-electron chi connectivity index (χ2n) is 2.47. The molecule has 0 aromatic heterocycles. The Bertz CT molecular complexity index is 338. The van der Waals surface area contributed by atoms with Crippen LogP contribution in [0.2, 0.25) is 0 Å². The fourth-order valence-electron chi connectivity index (χ4n) is 1.09. The zero-order valence-electron chi connectivity index (χ0n) is 6.10. The fourth-order valence-corrected chi connectivity index (χ4v) is 1.45. The Morgan fingerprint density at radius 2 is 2.17 bits per heavy atom. The van der Waals surface area contributed by atoms with Crippen molar-refractivity contribution in [3.05, 3.63) is 34.8 Å². The fraction of sp³-hybridized carbons (Fsp3) is 0. The molecule has 0 amide bonds. The van der Waals surface area contributed by atoms with Crippen LogP contribution in [-0.4, -0.2) is 5.78 Å². The van der Waals surface area contributed by atoms with Crippen molar-refractivity contribution in [2.45, 2.75) is 0 Å². The van der Waals surface area contributed by atoms with Gasteiger partial charge in [0.1, 0.15) is 6.54 Å². The predicted octanol–water partition coefficient (Wildman–Crippen LogP) is 1.72. The van der Waals surface area contributed by atoms with E-state index < -0.39 is 0 Å². The molecule has 4 heteroatoms. The van der Waals surface area contributed by atoms with Crippen LogP contribution in [0, 0.1) is 6.54 Å². The van der Waals surface area contributed by atoms with E-state index in [0.29, 0.717) is 5.56 Å². The molecule has 1 aliphatic heterocycles. The number of fused-ring (bicyclic) bond motifs is 1. The first kappa shape index (κ1) is 7.76. The highest BCUT2D eigenvalue weighted by molar-refractivity contribution is 9.10. The third-order valence-corrected chi connectivity index (χ3v) is 2.15. The Morgan fingerprint density at radius 1 is 1.33 bits per heavy atom. The van der Waals surface area contributed by atoms with E-state index in [1.807, 2.05) is 12.1 Å². The minimum absolute atomic E-state index is 0.00921. The lowest BCUT2D eigenvalue weighted by Crippen LogP contribution is -2.29. The van der Waals surface area contributed by atoms with Crippen LogP contribution in [-0.2, 0) is 0 Å². The standard InChI is InChI=1S/C8H6BrN2O/c9-5-1-2-7-6(3-5)8(12)4-10-11-7/h1-4,10-11H. The van der Waals surface area contributed by atoms with Crippen LogP contribution in [0.3, 0.4) is 0 Å². The third kappa shape index (κ3) is 1.23. The van der Waals surface area contributed by atoms with E-state index in [9.17, 15) is 4.79 Å². The molecule has 1 aromatic rings. The predicted molar refractivity (Wildman–Crippen MR) is 49.5 cm³/mol. The lowest BCUT2D eigenvalue weighted by molar-refractivity contribution is 0.102. The quantitative estimate of drug-likeness (QED) is 0.707. The lowest BCUT2D eigenvalue weighted by Gasteiger charge is -2.17. The highest BCUT2D eigenvalue weighted by Crippen LogP contribution is 2.23. The van der Waals surface area contributed by atoms with E-state index in [-0.39, 0.29) is 5.78 Å². The van der Waals surface area contributed by atoms with Gasteiger partial charge in [0.25, 0.3) is 0 Å². The van der Waals surface area contributed by atoms with Crippen molar-refractivity contribution in [1.82, 2.24) is 5.43 Å². The number of halogens is 1. The smallest absolute Gasteiger partial charge is 0.185 e. The molecule has 1 heterocycles. The molecule has 0 unspecified atom stereocenters. The van der Waals surface area contributed by atoms with Gasteiger partial charge >= 0.3 is 0 Å². The van der Waals surface area contributed by atoms with Crippen LogP contribution in [0.4, 0.5) is 5.69 Å². The van der Waals surface area contributed by atoms with E-state index >= 15 is 0 Å². The summed E-state index contributed by atoms with van der Waals surface area (Å²) in [6, 6.07) is 5.52. The Kier molecular flexibility index (Phi) is 1.86. The number of anilines is 1. The molecular formula is C8H6BrN2O. The van der Waals surface area contributed by atoms with Crippen molar-refractivity contribution in [3.8, 4) is 0 Å². The van der Waals surface area contributed by atoms with Gasteiger partial charge in [-0.2, -0.15) is 0 Å². The van der Waals surface area contributed by atoms with E-state index in [1.165, 1.54) is 6.54 Å². The molecule has 1 radical (unpaired) electrons. The van der Waals surface area contributed by atoms with Gasteiger partial charge < -0.3 is 5.43 Å². The van der Waals surface area contributed by atoms with Crippen molar-refractivity contribution in [2.75, 3.05) is 5.43 Å². The average Bonchev–Trinajstić information content (AvgIpc) is 2.07. The molecule has 1 aliphatic rings. The Balaban J connectivity index is 2.54. The molecule has 0 atom stereocenters. The zero-order chi connectivity index (χ0) is 8.55. The summed E-state index contributed by atoms with van der Waals surface area (Å²) in [6.45, 7) is 1.40. The van der Waals surface area contributed by atoms with E-state index in [2.05, 4.69) is 26.8 Å². The first-order valence-electron chi connectivity index (χ1n) is 3.46.